The average molecular weight is 267 g/mol. The van der Waals surface area contributed by atoms with Crippen LogP contribution in [0.15, 0.2) is 18.3 Å². The van der Waals surface area contributed by atoms with Crippen LogP contribution in [0, 0.1) is 0 Å². The smallest absolute Gasteiger partial charge is 0.236 e. The van der Waals surface area contributed by atoms with Gasteiger partial charge in [-0.15, -0.1) is 0 Å². The van der Waals surface area contributed by atoms with Gasteiger partial charge in [0, 0.05) is 11.9 Å². The predicted molar refractivity (Wildman–Crippen MR) is 70.7 cm³/mol. The SMILES string of the molecule is NC(=O)CN(CC(N)=O)c1ccnc(C(N)=S)c1. The minimum Gasteiger partial charge on any atom is -0.388 e. The number of primary amides is 2. The van der Waals surface area contributed by atoms with Crippen LogP contribution in [0.1, 0.15) is 5.69 Å². The van der Waals surface area contributed by atoms with E-state index in [1.54, 1.807) is 12.1 Å². The number of hydrogen-bond acceptors (Lipinski definition) is 5. The van der Waals surface area contributed by atoms with E-state index in [4.69, 9.17) is 29.4 Å². The number of carbonyl (C=O) groups is 2. The maximum absolute atomic E-state index is 10.9. The fourth-order valence-electron chi connectivity index (χ4n) is 1.37. The van der Waals surface area contributed by atoms with Gasteiger partial charge in [-0.1, -0.05) is 12.2 Å². The van der Waals surface area contributed by atoms with E-state index in [1.165, 1.54) is 11.1 Å². The fraction of sp³-hybridized carbons (Fsp3) is 0.200. The second kappa shape index (κ2) is 5.92. The zero-order valence-corrected chi connectivity index (χ0v) is 10.3. The molecule has 18 heavy (non-hydrogen) atoms. The molecule has 7 nitrogen and oxygen atoms in total. The Morgan fingerprint density at radius 3 is 2.22 bits per heavy atom. The van der Waals surface area contributed by atoms with Gasteiger partial charge in [0.15, 0.2) is 0 Å². The molecule has 0 aliphatic heterocycles. The minimum atomic E-state index is -0.579. The van der Waals surface area contributed by atoms with Gasteiger partial charge >= 0.3 is 0 Å². The molecule has 0 unspecified atom stereocenters. The number of rotatable bonds is 6. The quantitative estimate of drug-likeness (QED) is 0.538. The van der Waals surface area contributed by atoms with Crippen LogP contribution in [0.5, 0.6) is 0 Å². The molecule has 1 rings (SSSR count). The van der Waals surface area contributed by atoms with E-state index < -0.39 is 11.8 Å². The van der Waals surface area contributed by atoms with E-state index in [2.05, 4.69) is 4.98 Å². The summed E-state index contributed by atoms with van der Waals surface area (Å²) in [7, 11) is 0. The van der Waals surface area contributed by atoms with E-state index >= 15 is 0 Å². The van der Waals surface area contributed by atoms with Crippen LogP contribution in [0.2, 0.25) is 0 Å². The summed E-state index contributed by atoms with van der Waals surface area (Å²) in [4.78, 5) is 27.4. The van der Waals surface area contributed by atoms with E-state index in [-0.39, 0.29) is 18.1 Å². The Morgan fingerprint density at radius 1 is 1.22 bits per heavy atom. The van der Waals surface area contributed by atoms with Crippen molar-refractivity contribution >= 4 is 34.7 Å². The molecule has 0 saturated carbocycles. The van der Waals surface area contributed by atoms with Crippen molar-refractivity contribution in [1.82, 2.24) is 4.98 Å². The lowest BCUT2D eigenvalue weighted by Crippen LogP contribution is -2.39. The minimum absolute atomic E-state index is 0.120. The Kier molecular flexibility index (Phi) is 4.55. The fourth-order valence-corrected chi connectivity index (χ4v) is 1.48. The molecule has 0 spiro atoms. The number of anilines is 1. The van der Waals surface area contributed by atoms with Gasteiger partial charge in [0.25, 0.3) is 0 Å². The van der Waals surface area contributed by atoms with Gasteiger partial charge in [0.2, 0.25) is 11.8 Å². The zero-order valence-electron chi connectivity index (χ0n) is 9.50. The number of nitrogens with two attached hydrogens (primary N) is 3. The predicted octanol–water partition coefficient (Wildman–Crippen LogP) is -1.51. The molecule has 0 atom stereocenters. The van der Waals surface area contributed by atoms with E-state index in [0.717, 1.165) is 0 Å². The summed E-state index contributed by atoms with van der Waals surface area (Å²) >= 11 is 4.80. The van der Waals surface area contributed by atoms with Crippen LogP contribution < -0.4 is 22.1 Å². The highest BCUT2D eigenvalue weighted by molar-refractivity contribution is 7.80. The Morgan fingerprint density at radius 2 is 1.78 bits per heavy atom. The number of nitrogens with zero attached hydrogens (tertiary/aromatic N) is 2. The molecule has 0 bridgehead atoms. The molecule has 6 N–H and O–H groups in total. The van der Waals surface area contributed by atoms with Crippen LogP contribution in [-0.2, 0) is 9.59 Å². The Hall–Kier alpha value is -2.22. The van der Waals surface area contributed by atoms with E-state index in [1.807, 2.05) is 0 Å². The Balaban J connectivity index is 3.03. The summed E-state index contributed by atoms with van der Waals surface area (Å²) < 4.78 is 0. The topological polar surface area (TPSA) is 128 Å². The number of amides is 2. The van der Waals surface area contributed by atoms with Crippen LogP contribution in [0.25, 0.3) is 0 Å². The Labute approximate surface area is 109 Å². The molecule has 0 fully saturated rings. The first-order valence-electron chi connectivity index (χ1n) is 4.97. The Bertz CT molecular complexity index is 475. The van der Waals surface area contributed by atoms with Crippen LogP contribution in [0.3, 0.4) is 0 Å². The third-order valence-electron chi connectivity index (χ3n) is 2.05. The van der Waals surface area contributed by atoms with Gasteiger partial charge in [-0.25, -0.2) is 0 Å². The third kappa shape index (κ3) is 3.98. The first-order valence-corrected chi connectivity index (χ1v) is 5.38. The maximum atomic E-state index is 10.9. The van der Waals surface area contributed by atoms with Crippen molar-refractivity contribution in [2.24, 2.45) is 17.2 Å². The van der Waals surface area contributed by atoms with Crippen molar-refractivity contribution in [2.45, 2.75) is 0 Å². The lowest BCUT2D eigenvalue weighted by molar-refractivity contribution is -0.117. The van der Waals surface area contributed by atoms with Crippen molar-refractivity contribution in [1.29, 1.82) is 0 Å². The summed E-state index contributed by atoms with van der Waals surface area (Å²) in [5, 5.41) is 0. The highest BCUT2D eigenvalue weighted by Gasteiger charge is 2.13. The van der Waals surface area contributed by atoms with Crippen molar-refractivity contribution < 1.29 is 9.59 Å². The average Bonchev–Trinajstić information content (AvgIpc) is 2.27. The summed E-state index contributed by atoms with van der Waals surface area (Å²) in [6.07, 6.45) is 1.47. The van der Waals surface area contributed by atoms with Gasteiger partial charge in [0.1, 0.15) is 4.99 Å². The molecule has 1 aromatic rings. The molecule has 1 heterocycles. The lowest BCUT2D eigenvalue weighted by atomic mass is 10.2. The molecule has 1 aromatic heterocycles. The highest BCUT2D eigenvalue weighted by Crippen LogP contribution is 2.14. The number of aromatic nitrogens is 1. The first kappa shape index (κ1) is 13.8. The molecule has 0 aliphatic carbocycles. The monoisotopic (exact) mass is 267 g/mol. The maximum Gasteiger partial charge on any atom is 0.236 e. The summed E-state index contributed by atoms with van der Waals surface area (Å²) in [6.45, 7) is -0.270. The van der Waals surface area contributed by atoms with Crippen molar-refractivity contribution in [3.05, 3.63) is 24.0 Å². The van der Waals surface area contributed by atoms with Gasteiger partial charge in [-0.05, 0) is 12.1 Å². The molecule has 8 heteroatoms. The highest BCUT2D eigenvalue weighted by atomic mass is 32.1. The number of carbonyl (C=O) groups excluding carboxylic acids is 2. The molecular formula is C10H13N5O2S. The summed E-state index contributed by atoms with van der Waals surface area (Å²) in [5.74, 6) is -1.16. The first-order chi connectivity index (χ1) is 8.40. The van der Waals surface area contributed by atoms with Gasteiger partial charge in [0.05, 0.1) is 18.8 Å². The van der Waals surface area contributed by atoms with Gasteiger partial charge in [-0.2, -0.15) is 0 Å². The van der Waals surface area contributed by atoms with Crippen molar-refractivity contribution in [3.63, 3.8) is 0 Å². The molecule has 0 aliphatic rings. The van der Waals surface area contributed by atoms with Gasteiger partial charge in [-0.3, -0.25) is 14.6 Å². The zero-order chi connectivity index (χ0) is 13.7. The normalized spacial score (nSPS) is 9.78. The van der Waals surface area contributed by atoms with Crippen molar-refractivity contribution in [2.75, 3.05) is 18.0 Å². The molecule has 2 amide bonds. The summed E-state index contributed by atoms with van der Waals surface area (Å²) in [6, 6.07) is 3.17. The summed E-state index contributed by atoms with van der Waals surface area (Å²) in [5.41, 5.74) is 16.6. The van der Waals surface area contributed by atoms with Crippen LogP contribution in [0.4, 0.5) is 5.69 Å². The van der Waals surface area contributed by atoms with Crippen molar-refractivity contribution in [3.8, 4) is 0 Å². The van der Waals surface area contributed by atoms with Crippen LogP contribution in [-0.4, -0.2) is 34.9 Å². The number of hydrogen-bond donors (Lipinski definition) is 3. The molecule has 0 aromatic carbocycles. The van der Waals surface area contributed by atoms with Crippen LogP contribution >= 0.6 is 12.2 Å². The molecule has 0 radical (unpaired) electrons. The van der Waals surface area contributed by atoms with E-state index in [0.29, 0.717) is 11.4 Å². The molecule has 96 valence electrons. The second-order valence-electron chi connectivity index (χ2n) is 3.55. The number of thiocarbonyl (C=S) groups is 1. The standard InChI is InChI=1S/C10H13N5O2S/c11-8(16)4-15(5-9(12)17)6-1-2-14-7(3-6)10(13)18/h1-3H,4-5H2,(H2,11,16)(H2,12,17)(H2,13,18). The largest absolute Gasteiger partial charge is 0.388 e. The lowest BCUT2D eigenvalue weighted by Gasteiger charge is -2.21. The van der Waals surface area contributed by atoms with Gasteiger partial charge < -0.3 is 22.1 Å². The molecule has 0 saturated heterocycles. The number of pyridine rings is 1. The molecular weight excluding hydrogens is 254 g/mol. The third-order valence-corrected chi connectivity index (χ3v) is 2.26. The van der Waals surface area contributed by atoms with E-state index in [9.17, 15) is 9.59 Å². The second-order valence-corrected chi connectivity index (χ2v) is 3.99.